The quantitative estimate of drug-likeness (QED) is 0.206. The van der Waals surface area contributed by atoms with Crippen LogP contribution in [0.25, 0.3) is 93.6 Å². The van der Waals surface area contributed by atoms with Crippen LogP contribution in [-0.2, 0) is 0 Å². The van der Waals surface area contributed by atoms with Gasteiger partial charge in [-0.05, 0) is 70.7 Å². The van der Waals surface area contributed by atoms with Crippen molar-refractivity contribution in [3.05, 3.63) is 151 Å². The predicted octanol–water partition coefficient (Wildman–Crippen LogP) is 11.9. The summed E-state index contributed by atoms with van der Waals surface area (Å²) in [5.74, 6) is 0. The van der Waals surface area contributed by atoms with Crippen molar-refractivity contribution in [1.82, 2.24) is 4.57 Å². The predicted molar refractivity (Wildman–Crippen MR) is 186 cm³/mol. The highest BCUT2D eigenvalue weighted by molar-refractivity contribution is 6.17. The molecule has 0 radical (unpaired) electrons. The fraction of sp³-hybridized carbons (Fsp3) is 0. The summed E-state index contributed by atoms with van der Waals surface area (Å²) in [5, 5.41) is 2.09. The fourth-order valence-corrected chi connectivity index (χ4v) is 6.32. The molecule has 10 aromatic rings. The molecule has 0 N–H and O–H groups in total. The molecule has 3 heterocycles. The molecule has 0 saturated heterocycles. The summed E-state index contributed by atoms with van der Waals surface area (Å²) >= 11 is 0. The molecule has 3 heteroatoms. The second-order valence-corrected chi connectivity index (χ2v) is 11.0. The first-order valence-corrected chi connectivity index (χ1v) is 14.4. The van der Waals surface area contributed by atoms with E-state index in [2.05, 4.69) is 18.2 Å². The van der Waals surface area contributed by atoms with Crippen LogP contribution >= 0.6 is 0 Å². The molecule has 7 aromatic carbocycles. The Labute approximate surface area is 272 Å². The van der Waals surface area contributed by atoms with Crippen LogP contribution in [0.15, 0.2) is 160 Å². The van der Waals surface area contributed by atoms with Gasteiger partial charge in [-0.1, -0.05) is 96.9 Å². The lowest BCUT2D eigenvalue weighted by molar-refractivity contribution is 0.668. The lowest BCUT2D eigenvalue weighted by atomic mass is 9.99. The Morgan fingerprint density at radius 1 is 0.422 bits per heavy atom. The molecule has 0 spiro atoms. The van der Waals surface area contributed by atoms with Gasteiger partial charge in [0.25, 0.3) is 0 Å². The number of rotatable bonds is 3. The van der Waals surface area contributed by atoms with Crippen LogP contribution in [0.5, 0.6) is 0 Å². The number of fused-ring (bicyclic) bond motifs is 9. The second kappa shape index (κ2) is 9.22. The Hall–Kier alpha value is -6.06. The van der Waals surface area contributed by atoms with Crippen LogP contribution < -0.4 is 0 Å². The molecule has 210 valence electrons. The number of nitrogens with zero attached hydrogens (tertiary/aromatic N) is 1. The van der Waals surface area contributed by atoms with Crippen molar-refractivity contribution in [2.24, 2.45) is 0 Å². The van der Waals surface area contributed by atoms with Gasteiger partial charge in [-0.25, -0.2) is 0 Å². The molecule has 10 rings (SSSR count). The Morgan fingerprint density at radius 2 is 1.07 bits per heavy atom. The Bertz CT molecular complexity index is 3310. The lowest BCUT2D eigenvalue weighted by Crippen LogP contribution is -1.93. The molecule has 0 aliphatic rings. The van der Waals surface area contributed by atoms with Gasteiger partial charge in [0, 0.05) is 44.0 Å². The molecule has 0 aliphatic heterocycles. The first kappa shape index (κ1) is 16.7. The smallest absolute Gasteiger partial charge is 0.137 e. The number of benzene rings is 7. The molecule has 0 atom stereocenters. The summed E-state index contributed by atoms with van der Waals surface area (Å²) < 4.78 is 101. The van der Waals surface area contributed by atoms with Crippen molar-refractivity contribution in [2.45, 2.75) is 0 Å². The van der Waals surface area contributed by atoms with E-state index in [0.29, 0.717) is 5.69 Å². The number of aromatic nitrogens is 1. The Balaban J connectivity index is 1.14. The molecule has 0 saturated carbocycles. The SMILES string of the molecule is [2H]c1c([2H])c([2H])c2c(oc3c([2H])c4c(c([2H])c32)c2c([2H])c([2H])c([2H])c([2H])c2n4-c2ccc(-c3ccc(-c4ccc5oc6ccccc6c5c4)cc3)cc2)c1[2H]. The average Bonchev–Trinajstić information content (AvgIpc) is 3.91. The van der Waals surface area contributed by atoms with Crippen molar-refractivity contribution in [3.63, 3.8) is 0 Å². The van der Waals surface area contributed by atoms with Gasteiger partial charge in [-0.3, -0.25) is 0 Å². The summed E-state index contributed by atoms with van der Waals surface area (Å²) in [6, 6.07) is 25.4. The van der Waals surface area contributed by atoms with Gasteiger partial charge >= 0.3 is 0 Å². The fourth-order valence-electron chi connectivity index (χ4n) is 6.32. The summed E-state index contributed by atoms with van der Waals surface area (Å²) in [6.07, 6.45) is 0. The van der Waals surface area contributed by atoms with E-state index in [-0.39, 0.29) is 61.9 Å². The molecule has 3 aromatic heterocycles. The van der Waals surface area contributed by atoms with Gasteiger partial charge in [-0.2, -0.15) is 0 Å². The third-order valence-electron chi connectivity index (χ3n) is 8.47. The van der Waals surface area contributed by atoms with Crippen LogP contribution in [0.1, 0.15) is 13.7 Å². The Morgan fingerprint density at radius 3 is 1.91 bits per heavy atom. The van der Waals surface area contributed by atoms with E-state index >= 15 is 0 Å². The maximum Gasteiger partial charge on any atom is 0.137 e. The molecule has 0 unspecified atom stereocenters. The highest BCUT2D eigenvalue weighted by Crippen LogP contribution is 2.39. The van der Waals surface area contributed by atoms with Crippen LogP contribution in [0.4, 0.5) is 0 Å². The highest BCUT2D eigenvalue weighted by Gasteiger charge is 2.16. The Kier molecular flexibility index (Phi) is 3.42. The van der Waals surface area contributed by atoms with Gasteiger partial charge in [0.05, 0.1) is 24.7 Å². The van der Waals surface area contributed by atoms with E-state index < -0.39 is 42.3 Å². The summed E-state index contributed by atoms with van der Waals surface area (Å²) in [6.45, 7) is 0. The van der Waals surface area contributed by atoms with Crippen molar-refractivity contribution >= 4 is 65.7 Å². The first-order chi connectivity index (χ1) is 26.5. The van der Waals surface area contributed by atoms with E-state index in [9.17, 15) is 2.74 Å². The number of hydrogen-bond donors (Lipinski definition) is 0. The van der Waals surface area contributed by atoms with Crippen LogP contribution in [0.2, 0.25) is 0 Å². The topological polar surface area (TPSA) is 31.2 Å². The van der Waals surface area contributed by atoms with Gasteiger partial charge in [0.15, 0.2) is 0 Å². The minimum absolute atomic E-state index is 0.0252. The molecule has 0 aliphatic carbocycles. The maximum atomic E-state index is 9.39. The molecule has 3 nitrogen and oxygen atoms in total. The van der Waals surface area contributed by atoms with Gasteiger partial charge < -0.3 is 13.4 Å². The minimum atomic E-state index is -0.519. The molecule has 0 amide bonds. The molecular formula is C42H25NO2. The van der Waals surface area contributed by atoms with E-state index in [4.69, 9.17) is 19.8 Å². The highest BCUT2D eigenvalue weighted by atomic mass is 16.3. The number of para-hydroxylation sites is 3. The average molecular weight is 586 g/mol. The summed E-state index contributed by atoms with van der Waals surface area (Å²) in [4.78, 5) is 0. The molecule has 45 heavy (non-hydrogen) atoms. The molecular weight excluding hydrogens is 550 g/mol. The van der Waals surface area contributed by atoms with Crippen LogP contribution in [-0.4, -0.2) is 4.57 Å². The van der Waals surface area contributed by atoms with Gasteiger partial charge in [0.1, 0.15) is 22.3 Å². The summed E-state index contributed by atoms with van der Waals surface area (Å²) in [5.41, 5.74) is 5.86. The van der Waals surface area contributed by atoms with Crippen molar-refractivity contribution < 1.29 is 22.5 Å². The number of furan rings is 2. The third-order valence-corrected chi connectivity index (χ3v) is 8.47. The minimum Gasteiger partial charge on any atom is -0.456 e. The molecule has 0 bridgehead atoms. The standard InChI is InChI=1S/C42H25NO2/c1-4-10-37-31(7-1)34-24-36-33-9-3-6-12-40(33)45-42(36)25-38(34)43(37)30-20-17-27(18-21-30)26-13-15-28(16-14-26)29-19-22-41-35(23-29)32-8-2-5-11-39(32)44-41/h1-25H/i1D,3D,4D,6D,7D,9D,10D,12D,24D,25D. The zero-order chi connectivity index (χ0) is 38.2. The number of hydrogen-bond acceptors (Lipinski definition) is 2. The zero-order valence-corrected chi connectivity index (χ0v) is 23.4. The first-order valence-electron chi connectivity index (χ1n) is 19.4. The lowest BCUT2D eigenvalue weighted by Gasteiger charge is -2.10. The monoisotopic (exact) mass is 585 g/mol. The molecule has 0 fully saturated rings. The van der Waals surface area contributed by atoms with Crippen molar-refractivity contribution in [3.8, 4) is 27.9 Å². The van der Waals surface area contributed by atoms with Crippen molar-refractivity contribution in [1.29, 1.82) is 0 Å². The van der Waals surface area contributed by atoms with Gasteiger partial charge in [-0.15, -0.1) is 0 Å². The maximum absolute atomic E-state index is 9.39. The van der Waals surface area contributed by atoms with Crippen LogP contribution in [0.3, 0.4) is 0 Å². The van der Waals surface area contributed by atoms with Crippen LogP contribution in [0, 0.1) is 0 Å². The van der Waals surface area contributed by atoms with E-state index in [1.165, 1.54) is 4.57 Å². The van der Waals surface area contributed by atoms with Crippen molar-refractivity contribution in [2.75, 3.05) is 0 Å². The van der Waals surface area contributed by atoms with E-state index in [0.717, 1.165) is 44.2 Å². The summed E-state index contributed by atoms with van der Waals surface area (Å²) in [7, 11) is 0. The van der Waals surface area contributed by atoms with Gasteiger partial charge in [0.2, 0.25) is 0 Å². The zero-order valence-electron chi connectivity index (χ0n) is 33.4. The van der Waals surface area contributed by atoms with E-state index in [1.807, 2.05) is 60.7 Å². The normalized spacial score (nSPS) is 15.1. The second-order valence-electron chi connectivity index (χ2n) is 11.0. The van der Waals surface area contributed by atoms with E-state index in [1.54, 1.807) is 12.1 Å². The third kappa shape index (κ3) is 3.65. The largest absolute Gasteiger partial charge is 0.456 e.